The van der Waals surface area contributed by atoms with Gasteiger partial charge in [-0.2, -0.15) is 0 Å². The van der Waals surface area contributed by atoms with Crippen LogP contribution < -0.4 is 0 Å². The fourth-order valence-electron chi connectivity index (χ4n) is 2.01. The highest BCUT2D eigenvalue weighted by molar-refractivity contribution is 6.14. The first-order chi connectivity index (χ1) is 9.20. The predicted molar refractivity (Wildman–Crippen MR) is 72.4 cm³/mol. The van der Waals surface area contributed by atoms with E-state index in [-0.39, 0.29) is 18.8 Å². The van der Waals surface area contributed by atoms with Crippen molar-refractivity contribution in [2.75, 3.05) is 13.2 Å². The zero-order valence-corrected chi connectivity index (χ0v) is 11.2. The lowest BCUT2D eigenvalue weighted by molar-refractivity contribution is -0.146. The molecule has 0 saturated heterocycles. The number of carbonyl (C=O) groups excluding carboxylic acids is 2. The van der Waals surface area contributed by atoms with E-state index in [1.54, 1.807) is 0 Å². The molecule has 0 aromatic carbocycles. The van der Waals surface area contributed by atoms with E-state index in [4.69, 9.17) is 9.47 Å². The molecule has 1 rings (SSSR count). The minimum atomic E-state index is -0.620. The van der Waals surface area contributed by atoms with Gasteiger partial charge < -0.3 is 9.47 Å². The van der Waals surface area contributed by atoms with Crippen LogP contribution in [0.5, 0.6) is 0 Å². The van der Waals surface area contributed by atoms with Gasteiger partial charge in [0.2, 0.25) is 0 Å². The molecule has 0 aromatic rings. The molecule has 1 aliphatic rings. The van der Waals surface area contributed by atoms with Crippen LogP contribution in [-0.2, 0) is 19.1 Å². The molecular formula is C15H20O4. The second-order valence-electron chi connectivity index (χ2n) is 4.31. The van der Waals surface area contributed by atoms with E-state index >= 15 is 0 Å². The smallest absolute Gasteiger partial charge is 0.345 e. The molecule has 0 aromatic heterocycles. The van der Waals surface area contributed by atoms with Crippen LogP contribution in [0.4, 0.5) is 0 Å². The van der Waals surface area contributed by atoms with Gasteiger partial charge in [0.15, 0.2) is 0 Å². The molecule has 0 bridgehead atoms. The van der Waals surface area contributed by atoms with E-state index < -0.39 is 11.9 Å². The summed E-state index contributed by atoms with van der Waals surface area (Å²) in [6, 6.07) is 0. The second-order valence-corrected chi connectivity index (χ2v) is 4.31. The molecule has 0 radical (unpaired) electrons. The standard InChI is InChI=1S/C15H20O4/c1-3-10-18-14(16)13(15(17)19-11-4-2)12-8-6-5-7-9-12/h3-4H,1-2,5-11H2. The van der Waals surface area contributed by atoms with Crippen molar-refractivity contribution in [3.8, 4) is 0 Å². The predicted octanol–water partition coefficient (Wildman–Crippen LogP) is 2.71. The number of carbonyl (C=O) groups is 2. The minimum Gasteiger partial charge on any atom is -0.458 e. The van der Waals surface area contributed by atoms with Crippen molar-refractivity contribution in [2.45, 2.75) is 32.1 Å². The summed E-state index contributed by atoms with van der Waals surface area (Å²) < 4.78 is 9.93. The highest BCUT2D eigenvalue weighted by atomic mass is 16.6. The summed E-state index contributed by atoms with van der Waals surface area (Å²) in [5.74, 6) is -1.24. The van der Waals surface area contributed by atoms with Gasteiger partial charge in [-0.3, -0.25) is 0 Å². The Balaban J connectivity index is 2.88. The normalized spacial score (nSPS) is 14.4. The van der Waals surface area contributed by atoms with Crippen LogP contribution in [-0.4, -0.2) is 25.2 Å². The van der Waals surface area contributed by atoms with Crippen LogP contribution in [0.3, 0.4) is 0 Å². The lowest BCUT2D eigenvalue weighted by Crippen LogP contribution is -2.21. The van der Waals surface area contributed by atoms with E-state index in [2.05, 4.69) is 13.2 Å². The van der Waals surface area contributed by atoms with E-state index in [0.717, 1.165) is 37.7 Å². The van der Waals surface area contributed by atoms with Crippen molar-refractivity contribution in [2.24, 2.45) is 0 Å². The van der Waals surface area contributed by atoms with Crippen molar-refractivity contribution >= 4 is 11.9 Å². The Hall–Kier alpha value is -1.84. The number of ether oxygens (including phenoxy) is 2. The molecular weight excluding hydrogens is 244 g/mol. The topological polar surface area (TPSA) is 52.6 Å². The van der Waals surface area contributed by atoms with E-state index in [0.29, 0.717) is 0 Å². The number of allylic oxidation sites excluding steroid dienone is 1. The molecule has 0 N–H and O–H groups in total. The molecule has 1 aliphatic carbocycles. The average molecular weight is 264 g/mol. The average Bonchev–Trinajstić information content (AvgIpc) is 2.44. The number of hydrogen-bond acceptors (Lipinski definition) is 4. The summed E-state index contributed by atoms with van der Waals surface area (Å²) in [5, 5.41) is 0. The second kappa shape index (κ2) is 8.29. The van der Waals surface area contributed by atoms with Crippen molar-refractivity contribution < 1.29 is 19.1 Å². The zero-order chi connectivity index (χ0) is 14.1. The zero-order valence-electron chi connectivity index (χ0n) is 11.2. The molecule has 104 valence electrons. The molecule has 4 nitrogen and oxygen atoms in total. The van der Waals surface area contributed by atoms with E-state index in [9.17, 15) is 9.59 Å². The monoisotopic (exact) mass is 264 g/mol. The molecule has 0 heterocycles. The lowest BCUT2D eigenvalue weighted by atomic mass is 9.91. The Labute approximate surface area is 113 Å². The minimum absolute atomic E-state index is 0.0587. The third-order valence-corrected chi connectivity index (χ3v) is 2.88. The number of rotatable bonds is 6. The molecule has 0 unspecified atom stereocenters. The van der Waals surface area contributed by atoms with Gasteiger partial charge in [-0.05, 0) is 31.3 Å². The van der Waals surface area contributed by atoms with Gasteiger partial charge in [0.1, 0.15) is 18.8 Å². The van der Waals surface area contributed by atoms with E-state index in [1.165, 1.54) is 12.2 Å². The third-order valence-electron chi connectivity index (χ3n) is 2.88. The van der Waals surface area contributed by atoms with Crippen LogP contribution in [0.1, 0.15) is 32.1 Å². The van der Waals surface area contributed by atoms with Crippen molar-refractivity contribution in [3.63, 3.8) is 0 Å². The summed E-state index contributed by atoms with van der Waals surface area (Å²) in [7, 11) is 0. The fraction of sp³-hybridized carbons (Fsp3) is 0.467. The van der Waals surface area contributed by atoms with Crippen molar-refractivity contribution in [1.82, 2.24) is 0 Å². The van der Waals surface area contributed by atoms with Crippen LogP contribution in [0.25, 0.3) is 0 Å². The maximum atomic E-state index is 12.0. The molecule has 0 atom stereocenters. The SMILES string of the molecule is C=CCOC(=O)C(C(=O)OCC=C)=C1CCCCC1. The summed E-state index contributed by atoms with van der Waals surface area (Å²) in [5.41, 5.74) is 0.901. The summed E-state index contributed by atoms with van der Waals surface area (Å²) in [6.45, 7) is 7.13. The van der Waals surface area contributed by atoms with Crippen LogP contribution >= 0.6 is 0 Å². The highest BCUT2D eigenvalue weighted by Gasteiger charge is 2.26. The molecule has 0 spiro atoms. The molecule has 1 saturated carbocycles. The summed E-state index contributed by atoms with van der Waals surface area (Å²) in [6.07, 6.45) is 7.54. The molecule has 1 fully saturated rings. The Morgan fingerprint density at radius 3 is 1.84 bits per heavy atom. The fourth-order valence-corrected chi connectivity index (χ4v) is 2.01. The van der Waals surface area contributed by atoms with Crippen LogP contribution in [0, 0.1) is 0 Å². The first-order valence-electron chi connectivity index (χ1n) is 6.48. The van der Waals surface area contributed by atoms with Crippen molar-refractivity contribution in [1.29, 1.82) is 0 Å². The van der Waals surface area contributed by atoms with Gasteiger partial charge in [-0.25, -0.2) is 9.59 Å². The number of hydrogen-bond donors (Lipinski definition) is 0. The quantitative estimate of drug-likeness (QED) is 0.243. The van der Waals surface area contributed by atoms with Gasteiger partial charge in [0.05, 0.1) is 0 Å². The van der Waals surface area contributed by atoms with Gasteiger partial charge in [0, 0.05) is 0 Å². The summed E-state index contributed by atoms with van der Waals surface area (Å²) in [4.78, 5) is 23.9. The largest absolute Gasteiger partial charge is 0.458 e. The van der Waals surface area contributed by atoms with Crippen molar-refractivity contribution in [3.05, 3.63) is 36.5 Å². The van der Waals surface area contributed by atoms with Gasteiger partial charge >= 0.3 is 11.9 Å². The number of esters is 2. The van der Waals surface area contributed by atoms with Crippen LogP contribution in [0.15, 0.2) is 36.5 Å². The Morgan fingerprint density at radius 1 is 0.947 bits per heavy atom. The van der Waals surface area contributed by atoms with E-state index in [1.807, 2.05) is 0 Å². The van der Waals surface area contributed by atoms with Gasteiger partial charge in [-0.15, -0.1) is 0 Å². The van der Waals surface area contributed by atoms with Gasteiger partial charge in [0.25, 0.3) is 0 Å². The van der Waals surface area contributed by atoms with Crippen LogP contribution in [0.2, 0.25) is 0 Å². The molecule has 0 aliphatic heterocycles. The molecule has 19 heavy (non-hydrogen) atoms. The maximum absolute atomic E-state index is 12.0. The Morgan fingerprint density at radius 2 is 1.42 bits per heavy atom. The maximum Gasteiger partial charge on any atom is 0.345 e. The first kappa shape index (κ1) is 15.2. The third kappa shape index (κ3) is 4.73. The Bertz CT molecular complexity index is 359. The lowest BCUT2D eigenvalue weighted by Gasteiger charge is -2.17. The first-order valence-corrected chi connectivity index (χ1v) is 6.48. The highest BCUT2D eigenvalue weighted by Crippen LogP contribution is 2.27. The molecule has 0 amide bonds. The summed E-state index contributed by atoms with van der Waals surface area (Å²) >= 11 is 0. The Kier molecular flexibility index (Phi) is 6.64. The molecule has 4 heteroatoms. The van der Waals surface area contributed by atoms with Gasteiger partial charge in [-0.1, -0.05) is 31.7 Å².